The van der Waals surface area contributed by atoms with Crippen molar-refractivity contribution in [1.29, 1.82) is 0 Å². The lowest BCUT2D eigenvalue weighted by atomic mass is 10.1. The number of ketones is 1. The number of ether oxygens (including phenoxy) is 1. The highest BCUT2D eigenvalue weighted by Crippen LogP contribution is 2.33. The monoisotopic (exact) mass is 289 g/mol. The molecule has 0 radical (unpaired) electrons. The van der Waals surface area contributed by atoms with Crippen LogP contribution < -0.4 is 4.74 Å². The largest absolute Gasteiger partial charge is 0.456 e. The summed E-state index contributed by atoms with van der Waals surface area (Å²) in [4.78, 5) is 21.9. The van der Waals surface area contributed by atoms with E-state index in [1.807, 2.05) is 0 Å². The Kier molecular flexibility index (Phi) is 3.98. The third-order valence-corrected chi connectivity index (χ3v) is 3.00. The molecule has 0 aliphatic heterocycles. The van der Waals surface area contributed by atoms with E-state index < -0.39 is 16.5 Å². The van der Waals surface area contributed by atoms with Crippen LogP contribution in [0.5, 0.6) is 11.5 Å². The zero-order chi connectivity index (χ0) is 15.6. The maximum Gasteiger partial charge on any atom is 0.276 e. The Morgan fingerprint density at radius 3 is 2.43 bits per heavy atom. The number of hydrogen-bond donors (Lipinski definition) is 0. The molecule has 0 N–H and O–H groups in total. The number of carbonyl (C=O) groups excluding carboxylic acids is 1. The number of rotatable bonds is 4. The summed E-state index contributed by atoms with van der Waals surface area (Å²) in [5, 5.41) is 10.9. The van der Waals surface area contributed by atoms with Crippen LogP contribution in [0.25, 0.3) is 0 Å². The molecule has 0 amide bonds. The van der Waals surface area contributed by atoms with Gasteiger partial charge in [-0.15, -0.1) is 0 Å². The molecule has 0 saturated carbocycles. The minimum Gasteiger partial charge on any atom is -0.456 e. The first kappa shape index (κ1) is 14.6. The van der Waals surface area contributed by atoms with Crippen molar-refractivity contribution in [3.05, 3.63) is 63.5 Å². The third kappa shape index (κ3) is 2.89. The molecule has 2 rings (SSSR count). The SMILES string of the molecule is CC(=O)c1c(F)cccc1Oc1cccc([N+](=O)[O-])c1C. The van der Waals surface area contributed by atoms with Gasteiger partial charge in [0.05, 0.1) is 16.1 Å². The van der Waals surface area contributed by atoms with Crippen LogP contribution in [0.1, 0.15) is 22.8 Å². The van der Waals surface area contributed by atoms with Gasteiger partial charge in [0.25, 0.3) is 5.69 Å². The topological polar surface area (TPSA) is 69.4 Å². The molecule has 0 aliphatic carbocycles. The number of nitro groups is 1. The van der Waals surface area contributed by atoms with Gasteiger partial charge in [-0.1, -0.05) is 12.1 Å². The van der Waals surface area contributed by atoms with E-state index >= 15 is 0 Å². The van der Waals surface area contributed by atoms with E-state index in [1.54, 1.807) is 0 Å². The molecule has 6 heteroatoms. The zero-order valence-corrected chi connectivity index (χ0v) is 11.4. The molecule has 0 fully saturated rings. The van der Waals surface area contributed by atoms with E-state index in [-0.39, 0.29) is 22.7 Å². The number of hydrogen-bond acceptors (Lipinski definition) is 4. The summed E-state index contributed by atoms with van der Waals surface area (Å²) in [6.07, 6.45) is 0. The van der Waals surface area contributed by atoms with Gasteiger partial charge >= 0.3 is 0 Å². The van der Waals surface area contributed by atoms with Crippen molar-refractivity contribution in [3.8, 4) is 11.5 Å². The van der Waals surface area contributed by atoms with Crippen LogP contribution in [0.15, 0.2) is 36.4 Å². The van der Waals surface area contributed by atoms with Gasteiger partial charge in [-0.3, -0.25) is 14.9 Å². The van der Waals surface area contributed by atoms with E-state index in [0.29, 0.717) is 5.56 Å². The zero-order valence-electron chi connectivity index (χ0n) is 11.4. The van der Waals surface area contributed by atoms with Crippen LogP contribution in [0.2, 0.25) is 0 Å². The van der Waals surface area contributed by atoms with Crippen LogP contribution >= 0.6 is 0 Å². The molecule has 0 heterocycles. The minimum atomic E-state index is -0.692. The van der Waals surface area contributed by atoms with Gasteiger partial charge in [0.2, 0.25) is 0 Å². The first-order valence-corrected chi connectivity index (χ1v) is 6.13. The lowest BCUT2D eigenvalue weighted by Crippen LogP contribution is -2.02. The molecule has 2 aromatic rings. The standard InChI is InChI=1S/C15H12FNO4/c1-9-12(17(19)20)6-4-7-13(9)21-14-8-3-5-11(16)15(14)10(2)18/h3-8H,1-2H3. The Hall–Kier alpha value is -2.76. The molecule has 0 aliphatic rings. The molecule has 0 saturated heterocycles. The summed E-state index contributed by atoms with van der Waals surface area (Å²) in [5.41, 5.74) is 0.0259. The Labute approximate surface area is 120 Å². The molecule has 21 heavy (non-hydrogen) atoms. The second-order valence-electron chi connectivity index (χ2n) is 4.43. The number of nitrogens with zero attached hydrogens (tertiary/aromatic N) is 1. The summed E-state index contributed by atoms with van der Waals surface area (Å²) < 4.78 is 19.2. The van der Waals surface area contributed by atoms with Gasteiger partial charge in [-0.25, -0.2) is 4.39 Å². The summed E-state index contributed by atoms with van der Waals surface area (Å²) in [7, 11) is 0. The number of carbonyl (C=O) groups is 1. The van der Waals surface area contributed by atoms with Gasteiger partial charge in [-0.2, -0.15) is 0 Å². The predicted octanol–water partition coefficient (Wildman–Crippen LogP) is 4.04. The van der Waals surface area contributed by atoms with E-state index in [4.69, 9.17) is 4.74 Å². The molecule has 0 unspecified atom stereocenters. The van der Waals surface area contributed by atoms with Gasteiger partial charge in [-0.05, 0) is 32.0 Å². The molecule has 5 nitrogen and oxygen atoms in total. The lowest BCUT2D eigenvalue weighted by molar-refractivity contribution is -0.385. The van der Waals surface area contributed by atoms with E-state index in [9.17, 15) is 19.3 Å². The molecule has 0 spiro atoms. The Bertz CT molecular complexity index is 728. The Morgan fingerprint density at radius 2 is 1.81 bits per heavy atom. The maximum atomic E-state index is 13.7. The summed E-state index contributed by atoms with van der Waals surface area (Å²) >= 11 is 0. The van der Waals surface area contributed by atoms with E-state index in [1.165, 1.54) is 44.2 Å². The first-order chi connectivity index (χ1) is 9.91. The molecule has 0 atom stereocenters. The van der Waals surface area contributed by atoms with Crippen LogP contribution in [-0.4, -0.2) is 10.7 Å². The fourth-order valence-electron chi connectivity index (χ4n) is 1.96. The average Bonchev–Trinajstić information content (AvgIpc) is 2.40. The van der Waals surface area contributed by atoms with Gasteiger partial charge < -0.3 is 4.74 Å². The molecule has 0 bridgehead atoms. The van der Waals surface area contributed by atoms with Gasteiger partial charge in [0.1, 0.15) is 17.3 Å². The Balaban J connectivity index is 2.49. The first-order valence-electron chi connectivity index (χ1n) is 6.13. The van der Waals surface area contributed by atoms with Crippen molar-refractivity contribution in [2.75, 3.05) is 0 Å². The van der Waals surface area contributed by atoms with Crippen molar-refractivity contribution in [2.45, 2.75) is 13.8 Å². The van der Waals surface area contributed by atoms with Gasteiger partial charge in [0, 0.05) is 6.07 Å². The fraction of sp³-hybridized carbons (Fsp3) is 0.133. The third-order valence-electron chi connectivity index (χ3n) is 3.00. The summed E-state index contributed by atoms with van der Waals surface area (Å²) in [5.74, 6) is -0.933. The number of halogens is 1. The highest BCUT2D eigenvalue weighted by Gasteiger charge is 2.18. The van der Waals surface area contributed by atoms with Crippen LogP contribution in [0.3, 0.4) is 0 Å². The van der Waals surface area contributed by atoms with Crippen LogP contribution in [-0.2, 0) is 0 Å². The van der Waals surface area contributed by atoms with Crippen molar-refractivity contribution < 1.29 is 18.8 Å². The summed E-state index contributed by atoms with van der Waals surface area (Å²) in [6.45, 7) is 2.76. The van der Waals surface area contributed by atoms with Crippen LogP contribution in [0, 0.1) is 22.9 Å². The van der Waals surface area contributed by atoms with Crippen molar-refractivity contribution in [2.24, 2.45) is 0 Å². The highest BCUT2D eigenvalue weighted by atomic mass is 19.1. The number of nitro benzene ring substituents is 1. The molecular formula is C15H12FNO4. The molecule has 2 aromatic carbocycles. The molecule has 108 valence electrons. The highest BCUT2D eigenvalue weighted by molar-refractivity contribution is 5.97. The van der Waals surface area contributed by atoms with Crippen molar-refractivity contribution in [3.63, 3.8) is 0 Å². The van der Waals surface area contributed by atoms with Crippen molar-refractivity contribution >= 4 is 11.5 Å². The smallest absolute Gasteiger partial charge is 0.276 e. The summed E-state index contributed by atoms with van der Waals surface area (Å²) in [6, 6.07) is 8.34. The molecular weight excluding hydrogens is 277 g/mol. The quantitative estimate of drug-likeness (QED) is 0.484. The molecule has 0 aromatic heterocycles. The van der Waals surface area contributed by atoms with E-state index in [2.05, 4.69) is 0 Å². The Morgan fingerprint density at radius 1 is 1.19 bits per heavy atom. The minimum absolute atomic E-state index is 0.0334. The maximum absolute atomic E-state index is 13.7. The van der Waals surface area contributed by atoms with Crippen molar-refractivity contribution in [1.82, 2.24) is 0 Å². The fourth-order valence-corrected chi connectivity index (χ4v) is 1.96. The van der Waals surface area contributed by atoms with Gasteiger partial charge in [0.15, 0.2) is 5.78 Å². The average molecular weight is 289 g/mol. The number of Topliss-reactive ketones (excluding diaryl/α,β-unsaturated/α-hetero) is 1. The predicted molar refractivity (Wildman–Crippen MR) is 74.3 cm³/mol. The van der Waals surface area contributed by atoms with E-state index in [0.717, 1.165) is 6.07 Å². The number of benzene rings is 2. The second-order valence-corrected chi connectivity index (χ2v) is 4.43. The second kappa shape index (κ2) is 5.70. The lowest BCUT2D eigenvalue weighted by Gasteiger charge is -2.12. The van der Waals surface area contributed by atoms with Crippen LogP contribution in [0.4, 0.5) is 10.1 Å². The normalized spacial score (nSPS) is 10.2.